The lowest BCUT2D eigenvalue weighted by Crippen LogP contribution is -2.09. The number of halogens is 1. The van der Waals surface area contributed by atoms with Crippen LogP contribution in [0.15, 0.2) is 47.4 Å². The molecule has 0 saturated heterocycles. The minimum atomic E-state index is -0.596. The van der Waals surface area contributed by atoms with Crippen LogP contribution in [0.2, 0.25) is 0 Å². The lowest BCUT2D eigenvalue weighted by molar-refractivity contribution is 0.112. The van der Waals surface area contributed by atoms with E-state index in [2.05, 4.69) is 4.98 Å². The predicted octanol–water partition coefficient (Wildman–Crippen LogP) is 3.94. The van der Waals surface area contributed by atoms with Gasteiger partial charge in [0.2, 0.25) is 0 Å². The van der Waals surface area contributed by atoms with Crippen LogP contribution in [0, 0.1) is 5.82 Å². The normalized spacial score (nSPS) is 10.8. The van der Waals surface area contributed by atoms with Gasteiger partial charge in [-0.2, -0.15) is 0 Å². The molecule has 4 nitrogen and oxygen atoms in total. The van der Waals surface area contributed by atoms with E-state index in [9.17, 15) is 14.0 Å². The molecular formula is C19H16FNO3. The highest BCUT2D eigenvalue weighted by molar-refractivity contribution is 5.88. The average Bonchev–Trinajstić information content (AvgIpc) is 2.61. The van der Waals surface area contributed by atoms with Gasteiger partial charge in [-0.3, -0.25) is 9.59 Å². The van der Waals surface area contributed by atoms with Gasteiger partial charge in [-0.25, -0.2) is 4.39 Å². The third kappa shape index (κ3) is 2.80. The number of carbonyl (C=O) groups excluding carboxylic acids is 1. The molecule has 0 aliphatic carbocycles. The SMILES string of the molecule is CCCOc1ccc(F)c2c(=O)c(-c3ccc(C=O)cc3)c[nH]c12. The molecule has 1 N–H and O–H groups in total. The summed E-state index contributed by atoms with van der Waals surface area (Å²) in [5.41, 5.74) is 1.40. The van der Waals surface area contributed by atoms with Crippen LogP contribution in [-0.4, -0.2) is 17.9 Å². The largest absolute Gasteiger partial charge is 0.491 e. The Morgan fingerprint density at radius 3 is 2.58 bits per heavy atom. The summed E-state index contributed by atoms with van der Waals surface area (Å²) < 4.78 is 19.8. The Balaban J connectivity index is 2.18. The molecular weight excluding hydrogens is 309 g/mol. The van der Waals surface area contributed by atoms with Crippen LogP contribution in [0.3, 0.4) is 0 Å². The monoisotopic (exact) mass is 325 g/mol. The molecule has 0 saturated carbocycles. The van der Waals surface area contributed by atoms with Gasteiger partial charge in [0, 0.05) is 17.3 Å². The number of pyridine rings is 1. The molecule has 122 valence electrons. The fraction of sp³-hybridized carbons (Fsp3) is 0.158. The van der Waals surface area contributed by atoms with Gasteiger partial charge in [0.05, 0.1) is 17.5 Å². The zero-order valence-corrected chi connectivity index (χ0v) is 13.1. The summed E-state index contributed by atoms with van der Waals surface area (Å²) in [7, 11) is 0. The summed E-state index contributed by atoms with van der Waals surface area (Å²) in [5, 5.41) is -0.0273. The number of ether oxygens (including phenoxy) is 1. The van der Waals surface area contributed by atoms with Crippen molar-refractivity contribution in [2.24, 2.45) is 0 Å². The Bertz CT molecular complexity index is 945. The molecule has 0 spiro atoms. The summed E-state index contributed by atoms with van der Waals surface area (Å²) in [6, 6.07) is 9.31. The van der Waals surface area contributed by atoms with Crippen molar-refractivity contribution in [2.45, 2.75) is 13.3 Å². The second-order valence-electron chi connectivity index (χ2n) is 5.42. The van der Waals surface area contributed by atoms with E-state index in [-0.39, 0.29) is 5.39 Å². The molecule has 1 aromatic heterocycles. The molecule has 0 atom stereocenters. The highest BCUT2D eigenvalue weighted by atomic mass is 19.1. The number of aromatic amines is 1. The molecule has 0 aliphatic rings. The summed E-state index contributed by atoms with van der Waals surface area (Å²) in [5.74, 6) is -0.144. The number of H-pyrrole nitrogens is 1. The van der Waals surface area contributed by atoms with Crippen LogP contribution >= 0.6 is 0 Å². The molecule has 0 unspecified atom stereocenters. The smallest absolute Gasteiger partial charge is 0.200 e. The van der Waals surface area contributed by atoms with Gasteiger partial charge < -0.3 is 9.72 Å². The molecule has 5 heteroatoms. The topological polar surface area (TPSA) is 59.2 Å². The first-order chi connectivity index (χ1) is 11.7. The maximum Gasteiger partial charge on any atom is 0.200 e. The maximum absolute atomic E-state index is 14.2. The third-order valence-electron chi connectivity index (χ3n) is 3.77. The zero-order valence-electron chi connectivity index (χ0n) is 13.1. The van der Waals surface area contributed by atoms with Crippen LogP contribution in [0.25, 0.3) is 22.0 Å². The molecule has 1 heterocycles. The van der Waals surface area contributed by atoms with Crippen molar-refractivity contribution in [3.63, 3.8) is 0 Å². The Morgan fingerprint density at radius 1 is 1.17 bits per heavy atom. The van der Waals surface area contributed by atoms with E-state index in [1.807, 2.05) is 6.92 Å². The van der Waals surface area contributed by atoms with Crippen molar-refractivity contribution in [3.8, 4) is 16.9 Å². The number of carbonyl (C=O) groups is 1. The number of aromatic nitrogens is 1. The standard InChI is InChI=1S/C19H16FNO3/c1-2-9-24-16-8-7-15(20)17-18(16)21-10-14(19(17)23)13-5-3-12(11-22)4-6-13/h3-8,10-11H,2,9H2,1H3,(H,21,23). The van der Waals surface area contributed by atoms with Gasteiger partial charge in [0.25, 0.3) is 0 Å². The van der Waals surface area contributed by atoms with E-state index in [1.54, 1.807) is 30.5 Å². The second kappa shape index (κ2) is 6.66. The van der Waals surface area contributed by atoms with Crippen molar-refractivity contribution >= 4 is 17.2 Å². The van der Waals surface area contributed by atoms with Crippen LogP contribution in [0.4, 0.5) is 4.39 Å². The van der Waals surface area contributed by atoms with Crippen molar-refractivity contribution in [2.75, 3.05) is 6.61 Å². The van der Waals surface area contributed by atoms with Crippen molar-refractivity contribution in [3.05, 3.63) is 64.2 Å². The van der Waals surface area contributed by atoms with Gasteiger partial charge in [0.15, 0.2) is 5.43 Å². The Hall–Kier alpha value is -2.95. The van der Waals surface area contributed by atoms with Gasteiger partial charge in [-0.05, 0) is 24.1 Å². The molecule has 2 aromatic carbocycles. The van der Waals surface area contributed by atoms with E-state index < -0.39 is 11.2 Å². The van der Waals surface area contributed by atoms with Gasteiger partial charge in [-0.1, -0.05) is 31.2 Å². The van der Waals surface area contributed by atoms with Gasteiger partial charge >= 0.3 is 0 Å². The molecule has 0 amide bonds. The number of rotatable bonds is 5. The lowest BCUT2D eigenvalue weighted by Gasteiger charge is -2.10. The summed E-state index contributed by atoms with van der Waals surface area (Å²) in [4.78, 5) is 26.4. The second-order valence-corrected chi connectivity index (χ2v) is 5.42. The average molecular weight is 325 g/mol. The van der Waals surface area contributed by atoms with Gasteiger partial charge in [0.1, 0.15) is 17.9 Å². The first kappa shape index (κ1) is 15.9. The lowest BCUT2D eigenvalue weighted by atomic mass is 10.0. The number of nitrogens with one attached hydrogen (secondary N) is 1. The van der Waals surface area contributed by atoms with Gasteiger partial charge in [-0.15, -0.1) is 0 Å². The highest BCUT2D eigenvalue weighted by Gasteiger charge is 2.14. The van der Waals surface area contributed by atoms with E-state index in [0.717, 1.165) is 12.7 Å². The van der Waals surface area contributed by atoms with E-state index in [0.29, 0.717) is 34.6 Å². The molecule has 3 rings (SSSR count). The van der Waals surface area contributed by atoms with E-state index >= 15 is 0 Å². The first-order valence-electron chi connectivity index (χ1n) is 7.68. The maximum atomic E-state index is 14.2. The Labute approximate surface area is 137 Å². The minimum Gasteiger partial charge on any atom is -0.491 e. The summed E-state index contributed by atoms with van der Waals surface area (Å²) in [6.07, 6.45) is 3.08. The zero-order chi connectivity index (χ0) is 17.1. The Kier molecular flexibility index (Phi) is 4.42. The third-order valence-corrected chi connectivity index (χ3v) is 3.77. The number of hydrogen-bond donors (Lipinski definition) is 1. The molecule has 0 bridgehead atoms. The predicted molar refractivity (Wildman–Crippen MR) is 91.1 cm³/mol. The quantitative estimate of drug-likeness (QED) is 0.723. The first-order valence-corrected chi connectivity index (χ1v) is 7.68. The van der Waals surface area contributed by atoms with Crippen LogP contribution < -0.4 is 10.2 Å². The fourth-order valence-electron chi connectivity index (χ4n) is 2.56. The molecule has 0 radical (unpaired) electrons. The fourth-order valence-corrected chi connectivity index (χ4v) is 2.56. The highest BCUT2D eigenvalue weighted by Crippen LogP contribution is 2.26. The number of benzene rings is 2. The Morgan fingerprint density at radius 2 is 1.92 bits per heavy atom. The van der Waals surface area contributed by atoms with Crippen molar-refractivity contribution in [1.29, 1.82) is 0 Å². The van der Waals surface area contributed by atoms with Crippen molar-refractivity contribution < 1.29 is 13.9 Å². The van der Waals surface area contributed by atoms with Crippen LogP contribution in [-0.2, 0) is 0 Å². The molecule has 3 aromatic rings. The summed E-state index contributed by atoms with van der Waals surface area (Å²) >= 11 is 0. The van der Waals surface area contributed by atoms with E-state index in [1.165, 1.54) is 12.1 Å². The molecule has 24 heavy (non-hydrogen) atoms. The number of hydrogen-bond acceptors (Lipinski definition) is 3. The summed E-state index contributed by atoms with van der Waals surface area (Å²) in [6.45, 7) is 2.45. The number of aldehydes is 1. The van der Waals surface area contributed by atoms with Crippen LogP contribution in [0.1, 0.15) is 23.7 Å². The van der Waals surface area contributed by atoms with E-state index in [4.69, 9.17) is 4.74 Å². The molecule has 0 fully saturated rings. The molecule has 0 aliphatic heterocycles. The van der Waals surface area contributed by atoms with Crippen LogP contribution in [0.5, 0.6) is 5.75 Å². The van der Waals surface area contributed by atoms with Crippen molar-refractivity contribution in [1.82, 2.24) is 4.98 Å². The number of fused-ring (bicyclic) bond motifs is 1. The minimum absolute atomic E-state index is 0.0273.